The molecule has 8 rings (SSSR count). The molecule has 0 bridgehead atoms. The molecule has 0 aliphatic heterocycles. The van der Waals surface area contributed by atoms with E-state index in [4.69, 9.17) is 32.7 Å². The van der Waals surface area contributed by atoms with Crippen molar-refractivity contribution in [2.24, 2.45) is 23.7 Å². The van der Waals surface area contributed by atoms with Crippen LogP contribution in [0.25, 0.3) is 44.1 Å². The summed E-state index contributed by atoms with van der Waals surface area (Å²) in [4.78, 5) is 68.0. The van der Waals surface area contributed by atoms with E-state index in [2.05, 4.69) is 40.0 Å². The van der Waals surface area contributed by atoms with E-state index in [0.717, 1.165) is 36.4 Å². The van der Waals surface area contributed by atoms with Crippen molar-refractivity contribution >= 4 is 88.2 Å². The number of carbonyl (C=O) groups excluding carboxylic acids is 2. The number of halogens is 4. The van der Waals surface area contributed by atoms with E-state index in [-0.39, 0.29) is 79.0 Å². The Kier molecular flexibility index (Phi) is 19.7. The molecule has 432 valence electrons. The normalized spacial score (nSPS) is 12.4. The number of pyridine rings is 2. The van der Waals surface area contributed by atoms with Crippen LogP contribution in [-0.4, -0.2) is 85.0 Å². The first-order valence-electron chi connectivity index (χ1n) is 25.4. The Balaban J connectivity index is 0.000000236. The molecule has 0 saturated carbocycles. The van der Waals surface area contributed by atoms with E-state index < -0.39 is 43.5 Å². The van der Waals surface area contributed by atoms with Gasteiger partial charge in [-0.05, 0) is 95.8 Å². The van der Waals surface area contributed by atoms with Gasteiger partial charge in [-0.15, -0.1) is 0 Å². The highest BCUT2D eigenvalue weighted by Gasteiger charge is 2.25. The summed E-state index contributed by atoms with van der Waals surface area (Å²) >= 11 is 12.0. The lowest BCUT2D eigenvalue weighted by atomic mass is 10.0. The van der Waals surface area contributed by atoms with Crippen LogP contribution in [0.15, 0.2) is 129 Å². The number of methoxy groups -OCH3 is 2. The van der Waals surface area contributed by atoms with Gasteiger partial charge in [0.15, 0.2) is 0 Å². The van der Waals surface area contributed by atoms with Gasteiger partial charge in [0, 0.05) is 49.7 Å². The van der Waals surface area contributed by atoms with Crippen molar-refractivity contribution in [3.05, 3.63) is 152 Å². The minimum atomic E-state index is -4.23. The molecule has 0 saturated heterocycles. The van der Waals surface area contributed by atoms with Crippen molar-refractivity contribution < 1.29 is 44.7 Å². The second-order valence-corrected chi connectivity index (χ2v) is 24.0. The third kappa shape index (κ3) is 14.9. The van der Waals surface area contributed by atoms with Crippen molar-refractivity contribution in [1.29, 1.82) is 0 Å². The summed E-state index contributed by atoms with van der Waals surface area (Å²) in [5, 5.41) is 5.80. The zero-order chi connectivity index (χ0) is 59.8. The van der Waals surface area contributed by atoms with Crippen LogP contribution in [0.3, 0.4) is 0 Å². The lowest BCUT2D eigenvalue weighted by Crippen LogP contribution is -2.35. The number of nitrogens with one attached hydrogen (secondary N) is 4. The van der Waals surface area contributed by atoms with Crippen molar-refractivity contribution in [3.8, 4) is 34.0 Å². The highest BCUT2D eigenvalue weighted by Crippen LogP contribution is 2.34. The minimum Gasteiger partial charge on any atom is -0.480 e. The molecule has 0 aliphatic carbocycles. The van der Waals surface area contributed by atoms with Gasteiger partial charge in [0.1, 0.15) is 32.8 Å². The predicted octanol–water partition coefficient (Wildman–Crippen LogP) is 8.94. The number of rotatable bonds is 20. The average Bonchev–Trinajstić information content (AvgIpc) is 3.63. The maximum atomic E-state index is 13.5. The zero-order valence-corrected chi connectivity index (χ0v) is 48.8. The Morgan fingerprint density at radius 3 is 1.27 bits per heavy atom. The minimum absolute atomic E-state index is 0.00917. The maximum Gasteiger partial charge on any atom is 0.263 e. The molecule has 0 aliphatic rings. The lowest BCUT2D eigenvalue weighted by molar-refractivity contribution is -0.125. The quantitative estimate of drug-likeness (QED) is 0.0555. The number of anilines is 2. The first-order chi connectivity index (χ1) is 38.8. The number of sulfonamides is 2. The molecular formula is C56H58Cl2F2N10O10S2. The van der Waals surface area contributed by atoms with E-state index in [9.17, 15) is 44.8 Å². The van der Waals surface area contributed by atoms with Gasteiger partial charge in [-0.25, -0.2) is 45.6 Å². The lowest BCUT2D eigenvalue weighted by Gasteiger charge is -2.15. The Morgan fingerprint density at radius 2 is 0.927 bits per heavy atom. The van der Waals surface area contributed by atoms with Crippen LogP contribution in [0.1, 0.15) is 41.5 Å². The number of benzene rings is 4. The van der Waals surface area contributed by atoms with Gasteiger partial charge in [-0.3, -0.25) is 37.8 Å². The molecule has 0 unspecified atom stereocenters. The second kappa shape index (κ2) is 26.2. The fourth-order valence-corrected chi connectivity index (χ4v) is 11.3. The van der Waals surface area contributed by atoms with Crippen LogP contribution in [-0.2, 0) is 42.7 Å². The molecule has 4 N–H and O–H groups in total. The Bertz CT molecular complexity index is 3820. The number of nitrogens with zero attached hydrogens (tertiary/aromatic N) is 6. The van der Waals surface area contributed by atoms with Crippen LogP contribution >= 0.6 is 23.2 Å². The van der Waals surface area contributed by atoms with Crippen LogP contribution in [0.5, 0.6) is 11.8 Å². The first-order valence-corrected chi connectivity index (χ1v) is 29.1. The summed E-state index contributed by atoms with van der Waals surface area (Å²) in [5.74, 6) is -1.98. The van der Waals surface area contributed by atoms with Crippen LogP contribution < -0.4 is 40.7 Å². The van der Waals surface area contributed by atoms with E-state index in [0.29, 0.717) is 69.0 Å². The third-order valence-electron chi connectivity index (χ3n) is 12.5. The summed E-state index contributed by atoms with van der Waals surface area (Å²) in [6.45, 7) is 12.9. The molecule has 20 nitrogen and oxygen atoms in total. The van der Waals surface area contributed by atoms with Crippen molar-refractivity contribution in [2.75, 3.05) is 36.8 Å². The van der Waals surface area contributed by atoms with Gasteiger partial charge >= 0.3 is 0 Å². The standard InChI is InChI=1S/2C28H29ClFN5O5S/c2*1-16(2)12-31-26(36)17(3)14-35-15-33-23-7-5-18(9-21(23)28(35)37)19-10-24(27(40-4)32-13-19)34-41(38,39)25-8-6-20(30)11-22(25)29/h2*5-11,13,15-17,34H,12,14H2,1-4H3,(H,31,36)/t2*17-/m10/s1. The van der Waals surface area contributed by atoms with E-state index >= 15 is 0 Å². The summed E-state index contributed by atoms with van der Waals surface area (Å²) in [6, 6.07) is 18.9. The average molecular weight is 1200 g/mol. The van der Waals surface area contributed by atoms with E-state index in [1.165, 1.54) is 60.5 Å². The third-order valence-corrected chi connectivity index (χ3v) is 16.2. The molecule has 26 heteroatoms. The van der Waals surface area contributed by atoms with Crippen molar-refractivity contribution in [3.63, 3.8) is 0 Å². The van der Waals surface area contributed by atoms with Gasteiger partial charge < -0.3 is 20.1 Å². The molecule has 4 aromatic carbocycles. The first kappa shape index (κ1) is 61.6. The molecule has 0 spiro atoms. The number of aromatic nitrogens is 6. The van der Waals surface area contributed by atoms with Gasteiger partial charge in [-0.2, -0.15) is 0 Å². The highest BCUT2D eigenvalue weighted by molar-refractivity contribution is 7.93. The summed E-state index contributed by atoms with van der Waals surface area (Å²) in [7, 11) is -5.80. The van der Waals surface area contributed by atoms with Crippen LogP contribution in [0.2, 0.25) is 10.0 Å². The van der Waals surface area contributed by atoms with Gasteiger partial charge in [0.2, 0.25) is 23.6 Å². The van der Waals surface area contributed by atoms with Gasteiger partial charge in [0.25, 0.3) is 31.2 Å². The molecule has 4 heterocycles. The molecule has 0 fully saturated rings. The Morgan fingerprint density at radius 1 is 0.549 bits per heavy atom. The Labute approximate surface area is 481 Å². The highest BCUT2D eigenvalue weighted by atomic mass is 35.5. The topological polar surface area (TPSA) is 265 Å². The number of carbonyl (C=O) groups is 2. The molecule has 0 radical (unpaired) electrons. The zero-order valence-electron chi connectivity index (χ0n) is 45.6. The smallest absolute Gasteiger partial charge is 0.263 e. The number of ether oxygens (including phenoxy) is 2. The van der Waals surface area contributed by atoms with Crippen molar-refractivity contribution in [2.45, 2.75) is 64.4 Å². The second-order valence-electron chi connectivity index (χ2n) is 19.9. The van der Waals surface area contributed by atoms with Crippen LogP contribution in [0.4, 0.5) is 20.2 Å². The van der Waals surface area contributed by atoms with E-state index in [1.54, 1.807) is 50.2 Å². The largest absolute Gasteiger partial charge is 0.480 e. The Hall–Kier alpha value is -8.06. The molecule has 2 atom stereocenters. The molecular weight excluding hydrogens is 1150 g/mol. The molecule has 82 heavy (non-hydrogen) atoms. The summed E-state index contributed by atoms with van der Waals surface area (Å²) < 4.78 is 97.1. The predicted molar refractivity (Wildman–Crippen MR) is 310 cm³/mol. The SMILES string of the molecule is COc1ncc(-c2ccc3ncn(C[C@@H](C)C(=O)NCC(C)C)c(=O)c3c2)cc1NS(=O)(=O)c1ccc(F)cc1Cl.COc1ncc(-c2ccc3ncn(C[C@H](C)C(=O)NCC(C)C)c(=O)c3c2)cc1NS(=O)(=O)c1ccc(F)cc1Cl. The van der Waals surface area contributed by atoms with E-state index in [1.807, 2.05) is 27.7 Å². The number of hydrogen-bond acceptors (Lipinski definition) is 14. The number of fused-ring (bicyclic) bond motifs is 2. The molecule has 2 amide bonds. The summed E-state index contributed by atoms with van der Waals surface area (Å²) in [5.41, 5.74) is 2.37. The maximum absolute atomic E-state index is 13.5. The van der Waals surface area contributed by atoms with Crippen LogP contribution in [0, 0.1) is 35.3 Å². The fraction of sp³-hybridized carbons (Fsp3) is 0.286. The number of amides is 2. The van der Waals surface area contributed by atoms with Crippen molar-refractivity contribution in [1.82, 2.24) is 39.7 Å². The molecule has 8 aromatic rings. The van der Waals surface area contributed by atoms with Gasteiger partial charge in [0.05, 0.1) is 70.6 Å². The number of hydrogen-bond donors (Lipinski definition) is 4. The van der Waals surface area contributed by atoms with Gasteiger partial charge in [-0.1, -0.05) is 76.9 Å². The summed E-state index contributed by atoms with van der Waals surface area (Å²) in [6.07, 6.45) is 5.77. The molecule has 4 aromatic heterocycles. The monoisotopic (exact) mass is 1200 g/mol. The fourth-order valence-electron chi connectivity index (χ4n) is 8.13.